The number of nitro groups is 1. The second kappa shape index (κ2) is 4.17. The molecule has 1 N–H and O–H groups in total. The predicted molar refractivity (Wildman–Crippen MR) is 47.5 cm³/mol. The highest BCUT2D eigenvalue weighted by atomic mass is 19.3. The molecule has 0 aliphatic rings. The normalized spacial score (nSPS) is 10.5. The van der Waals surface area contributed by atoms with Crippen LogP contribution < -0.4 is 0 Å². The summed E-state index contributed by atoms with van der Waals surface area (Å²) in [5, 5.41) is 19.0. The van der Waals surface area contributed by atoms with E-state index in [2.05, 4.69) is 4.98 Å². The number of aromatic carboxylic acids is 1. The fraction of sp³-hybridized carbons (Fsp3) is 0.250. The van der Waals surface area contributed by atoms with Crippen LogP contribution in [-0.4, -0.2) is 21.0 Å². The van der Waals surface area contributed by atoms with Crippen molar-refractivity contribution >= 4 is 11.8 Å². The topological polar surface area (TPSA) is 93.3 Å². The summed E-state index contributed by atoms with van der Waals surface area (Å²) in [7, 11) is 0. The van der Waals surface area contributed by atoms with Crippen molar-refractivity contribution in [2.75, 3.05) is 0 Å². The van der Waals surface area contributed by atoms with E-state index >= 15 is 0 Å². The van der Waals surface area contributed by atoms with Gasteiger partial charge in [-0.15, -0.1) is 0 Å². The first kappa shape index (κ1) is 12.0. The molecule has 1 heterocycles. The van der Waals surface area contributed by atoms with Gasteiger partial charge in [-0.25, -0.2) is 13.6 Å². The van der Waals surface area contributed by atoms with Gasteiger partial charge in [0.05, 0.1) is 17.2 Å². The maximum atomic E-state index is 12.5. The number of hydrogen-bond donors (Lipinski definition) is 1. The molecule has 0 amide bonds. The Labute approximate surface area is 87.7 Å². The second-order valence-corrected chi connectivity index (χ2v) is 2.89. The molecule has 0 bridgehead atoms. The summed E-state index contributed by atoms with van der Waals surface area (Å²) in [6.07, 6.45) is -3.04. The van der Waals surface area contributed by atoms with E-state index in [1.807, 2.05) is 0 Å². The van der Waals surface area contributed by atoms with Gasteiger partial charge in [0.2, 0.25) is 0 Å². The first-order chi connectivity index (χ1) is 7.34. The minimum Gasteiger partial charge on any atom is -0.478 e. The van der Waals surface area contributed by atoms with Gasteiger partial charge in [-0.3, -0.25) is 0 Å². The highest BCUT2D eigenvalue weighted by Crippen LogP contribution is 2.28. The number of hydrogen-bond acceptors (Lipinski definition) is 4. The van der Waals surface area contributed by atoms with Crippen LogP contribution in [0.3, 0.4) is 0 Å². The molecule has 0 spiro atoms. The van der Waals surface area contributed by atoms with Gasteiger partial charge in [0.1, 0.15) is 0 Å². The van der Waals surface area contributed by atoms with E-state index < -0.39 is 34.3 Å². The summed E-state index contributed by atoms with van der Waals surface area (Å²) >= 11 is 0. The van der Waals surface area contributed by atoms with E-state index in [9.17, 15) is 23.7 Å². The van der Waals surface area contributed by atoms with Gasteiger partial charge in [0, 0.05) is 6.92 Å². The number of carboxylic acid groups (broad SMARTS) is 1. The molecule has 0 atom stereocenters. The summed E-state index contributed by atoms with van der Waals surface area (Å²) in [5.74, 6) is -2.41. The van der Waals surface area contributed by atoms with E-state index in [4.69, 9.17) is 5.11 Å². The minimum absolute atomic E-state index is 0.360. The Balaban J connectivity index is 3.52. The Kier molecular flexibility index (Phi) is 3.11. The lowest BCUT2D eigenvalue weighted by molar-refractivity contribution is -0.389. The summed E-state index contributed by atoms with van der Waals surface area (Å²) in [6, 6.07) is 0.525. The molecule has 1 rings (SSSR count). The summed E-state index contributed by atoms with van der Waals surface area (Å²) < 4.78 is 25.0. The van der Waals surface area contributed by atoms with Gasteiger partial charge in [0.25, 0.3) is 6.43 Å². The Hall–Kier alpha value is -2.12. The van der Waals surface area contributed by atoms with Gasteiger partial charge < -0.3 is 15.2 Å². The van der Waals surface area contributed by atoms with Crippen molar-refractivity contribution in [1.29, 1.82) is 0 Å². The van der Waals surface area contributed by atoms with Crippen LogP contribution in [0.2, 0.25) is 0 Å². The number of alkyl halides is 2. The number of nitrogens with zero attached hydrogens (tertiary/aromatic N) is 2. The van der Waals surface area contributed by atoms with Crippen LogP contribution in [0.25, 0.3) is 0 Å². The third kappa shape index (κ3) is 2.10. The lowest BCUT2D eigenvalue weighted by Crippen LogP contribution is -2.08. The lowest BCUT2D eigenvalue weighted by Gasteiger charge is -2.05. The molecule has 8 heteroatoms. The zero-order chi connectivity index (χ0) is 12.5. The van der Waals surface area contributed by atoms with Crippen LogP contribution >= 0.6 is 0 Å². The van der Waals surface area contributed by atoms with E-state index in [0.29, 0.717) is 6.07 Å². The van der Waals surface area contributed by atoms with Crippen molar-refractivity contribution < 1.29 is 23.6 Å². The largest absolute Gasteiger partial charge is 0.478 e. The van der Waals surface area contributed by atoms with Crippen LogP contribution in [0.15, 0.2) is 6.07 Å². The van der Waals surface area contributed by atoms with Crippen molar-refractivity contribution in [2.45, 2.75) is 13.3 Å². The molecule has 0 saturated heterocycles. The molecule has 1 aromatic heterocycles. The molecule has 0 saturated carbocycles. The quantitative estimate of drug-likeness (QED) is 0.634. The molecule has 1 aromatic rings. The fourth-order valence-electron chi connectivity index (χ4n) is 1.21. The van der Waals surface area contributed by atoms with Gasteiger partial charge in [-0.05, 0) is 9.91 Å². The maximum absolute atomic E-state index is 12.5. The number of pyridine rings is 1. The minimum atomic E-state index is -3.04. The van der Waals surface area contributed by atoms with Crippen LogP contribution in [0.5, 0.6) is 0 Å². The molecule has 0 aliphatic carbocycles. The third-order valence-corrected chi connectivity index (χ3v) is 1.87. The summed E-state index contributed by atoms with van der Waals surface area (Å²) in [4.78, 5) is 23.4. The summed E-state index contributed by atoms with van der Waals surface area (Å²) in [6.45, 7) is 1.10. The lowest BCUT2D eigenvalue weighted by atomic mass is 10.1. The molecule has 16 heavy (non-hydrogen) atoms. The van der Waals surface area contributed by atoms with E-state index in [1.54, 1.807) is 0 Å². The zero-order valence-corrected chi connectivity index (χ0v) is 7.98. The standard InChI is InChI=1S/C8H6F2N2O4/c1-3-6(7(9)10)4(8(13)14)2-5(11-3)12(15)16/h2,7H,1H3,(H,13,14). The second-order valence-electron chi connectivity index (χ2n) is 2.89. The first-order valence-electron chi connectivity index (χ1n) is 4.02. The van der Waals surface area contributed by atoms with Crippen molar-refractivity contribution in [3.63, 3.8) is 0 Å². The smallest absolute Gasteiger partial charge is 0.364 e. The van der Waals surface area contributed by atoms with Gasteiger partial charge in [-0.1, -0.05) is 0 Å². The van der Waals surface area contributed by atoms with Gasteiger partial charge in [0.15, 0.2) is 5.69 Å². The zero-order valence-electron chi connectivity index (χ0n) is 7.98. The fourth-order valence-corrected chi connectivity index (χ4v) is 1.21. The molecule has 0 aromatic carbocycles. The molecule has 0 radical (unpaired) electrons. The van der Waals surface area contributed by atoms with Crippen LogP contribution in [0.1, 0.15) is 28.0 Å². The molecule has 0 fully saturated rings. The van der Waals surface area contributed by atoms with Crippen LogP contribution in [0.4, 0.5) is 14.6 Å². The number of carbonyl (C=O) groups is 1. The Bertz CT molecular complexity index is 462. The number of carboxylic acids is 1. The number of aromatic nitrogens is 1. The maximum Gasteiger partial charge on any atom is 0.364 e. The third-order valence-electron chi connectivity index (χ3n) is 1.87. The average Bonchev–Trinajstić information content (AvgIpc) is 2.15. The number of halogens is 2. The molecular formula is C8H6F2N2O4. The van der Waals surface area contributed by atoms with Crippen LogP contribution in [0, 0.1) is 17.0 Å². The Morgan fingerprint density at radius 1 is 1.62 bits per heavy atom. The van der Waals surface area contributed by atoms with E-state index in [-0.39, 0.29) is 5.69 Å². The highest BCUT2D eigenvalue weighted by molar-refractivity contribution is 5.90. The number of rotatable bonds is 3. The number of aryl methyl sites for hydroxylation is 1. The van der Waals surface area contributed by atoms with E-state index in [1.165, 1.54) is 0 Å². The molecule has 0 aliphatic heterocycles. The Morgan fingerprint density at radius 3 is 2.56 bits per heavy atom. The van der Waals surface area contributed by atoms with E-state index in [0.717, 1.165) is 6.92 Å². The predicted octanol–water partition coefficient (Wildman–Crippen LogP) is 1.93. The van der Waals surface area contributed by atoms with Gasteiger partial charge >= 0.3 is 11.8 Å². The molecule has 86 valence electrons. The SMILES string of the molecule is Cc1nc([N+](=O)[O-])cc(C(=O)O)c1C(F)F. The first-order valence-corrected chi connectivity index (χ1v) is 4.02. The molecule has 0 unspecified atom stereocenters. The van der Waals surface area contributed by atoms with Crippen LogP contribution in [-0.2, 0) is 0 Å². The van der Waals surface area contributed by atoms with Crippen molar-refractivity contribution in [1.82, 2.24) is 4.98 Å². The van der Waals surface area contributed by atoms with Gasteiger partial charge in [-0.2, -0.15) is 0 Å². The summed E-state index contributed by atoms with van der Waals surface area (Å²) in [5.41, 5.74) is -1.95. The average molecular weight is 232 g/mol. The van der Waals surface area contributed by atoms with Crippen molar-refractivity contribution in [3.8, 4) is 0 Å². The highest BCUT2D eigenvalue weighted by Gasteiger charge is 2.27. The monoisotopic (exact) mass is 232 g/mol. The van der Waals surface area contributed by atoms with Crippen molar-refractivity contribution in [2.24, 2.45) is 0 Å². The Morgan fingerprint density at radius 2 is 2.19 bits per heavy atom. The molecular weight excluding hydrogens is 226 g/mol. The van der Waals surface area contributed by atoms with Crippen molar-refractivity contribution in [3.05, 3.63) is 33.0 Å². The molecule has 6 nitrogen and oxygen atoms in total.